The Kier molecular flexibility index (Phi) is 4.83. The van der Waals surface area contributed by atoms with E-state index in [-0.39, 0.29) is 12.6 Å². The van der Waals surface area contributed by atoms with Crippen LogP contribution in [-0.2, 0) is 14.3 Å². The topological polar surface area (TPSA) is 35.5 Å². The molecular weight excluding hydrogens is 168 g/mol. The highest BCUT2D eigenvalue weighted by atomic mass is 16.6. The highest BCUT2D eigenvalue weighted by Gasteiger charge is 2.13. The van der Waals surface area contributed by atoms with Gasteiger partial charge < -0.3 is 9.47 Å². The predicted octanol–water partition coefficient (Wildman–Crippen LogP) is 1.76. The van der Waals surface area contributed by atoms with Crippen LogP contribution >= 0.6 is 0 Å². The molecular formula is C10H18O3. The maximum absolute atomic E-state index is 10.7. The molecule has 1 fully saturated rings. The number of carbonyl (C=O) groups excluding carboxylic acids is 1. The van der Waals surface area contributed by atoms with Crippen molar-refractivity contribution in [1.29, 1.82) is 0 Å². The second-order valence-electron chi connectivity index (χ2n) is 3.60. The van der Waals surface area contributed by atoms with Crippen LogP contribution < -0.4 is 0 Å². The number of esters is 1. The van der Waals surface area contributed by atoms with Gasteiger partial charge in [0.15, 0.2) is 0 Å². The summed E-state index contributed by atoms with van der Waals surface area (Å²) in [6.45, 7) is 0.822. The van der Waals surface area contributed by atoms with E-state index in [1.54, 1.807) is 0 Å². The second kappa shape index (κ2) is 5.97. The van der Waals surface area contributed by atoms with E-state index in [0.29, 0.717) is 5.92 Å². The number of hydrogen-bond acceptors (Lipinski definition) is 3. The molecule has 0 unspecified atom stereocenters. The van der Waals surface area contributed by atoms with Gasteiger partial charge in [0, 0.05) is 0 Å². The molecule has 0 aliphatic heterocycles. The van der Waals surface area contributed by atoms with Gasteiger partial charge >= 0.3 is 5.97 Å². The minimum absolute atomic E-state index is 0.104. The summed E-state index contributed by atoms with van der Waals surface area (Å²) in [5.41, 5.74) is 0. The first-order valence-electron chi connectivity index (χ1n) is 4.97. The van der Waals surface area contributed by atoms with E-state index in [4.69, 9.17) is 4.74 Å². The van der Waals surface area contributed by atoms with Crippen molar-refractivity contribution in [2.45, 2.75) is 32.1 Å². The maximum atomic E-state index is 10.7. The molecule has 0 heterocycles. The van der Waals surface area contributed by atoms with Crippen LogP contribution in [0.3, 0.4) is 0 Å². The molecule has 1 rings (SSSR count). The Labute approximate surface area is 79.4 Å². The predicted molar refractivity (Wildman–Crippen MR) is 49.4 cm³/mol. The zero-order valence-electron chi connectivity index (χ0n) is 8.25. The highest BCUT2D eigenvalue weighted by molar-refractivity contribution is 5.70. The van der Waals surface area contributed by atoms with Gasteiger partial charge in [0.2, 0.25) is 0 Å². The first kappa shape index (κ1) is 10.5. The molecule has 0 aromatic rings. The molecule has 0 aromatic heterocycles. The molecule has 1 aliphatic rings. The summed E-state index contributed by atoms with van der Waals surface area (Å²) in [7, 11) is 1.38. The molecule has 0 bridgehead atoms. The van der Waals surface area contributed by atoms with E-state index < -0.39 is 0 Å². The molecule has 0 radical (unpaired) electrons. The van der Waals surface area contributed by atoms with Gasteiger partial charge in [0.1, 0.15) is 6.61 Å². The Morgan fingerprint density at radius 1 is 1.31 bits per heavy atom. The lowest BCUT2D eigenvalue weighted by molar-refractivity contribution is -0.146. The van der Waals surface area contributed by atoms with Crippen LogP contribution in [0.15, 0.2) is 0 Å². The maximum Gasteiger partial charge on any atom is 0.331 e. The number of carbonyl (C=O) groups is 1. The minimum Gasteiger partial charge on any atom is -0.467 e. The third-order valence-corrected chi connectivity index (χ3v) is 2.53. The Morgan fingerprint density at radius 2 is 2.00 bits per heavy atom. The number of ether oxygens (including phenoxy) is 2. The van der Waals surface area contributed by atoms with Crippen molar-refractivity contribution < 1.29 is 14.3 Å². The van der Waals surface area contributed by atoms with Crippen molar-refractivity contribution in [1.82, 2.24) is 0 Å². The van der Waals surface area contributed by atoms with Crippen LogP contribution in [0.25, 0.3) is 0 Å². The quantitative estimate of drug-likeness (QED) is 0.627. The number of methoxy groups -OCH3 is 1. The third kappa shape index (κ3) is 4.27. The highest BCUT2D eigenvalue weighted by Crippen LogP contribution is 2.23. The largest absolute Gasteiger partial charge is 0.467 e. The van der Waals surface area contributed by atoms with Crippen molar-refractivity contribution >= 4 is 5.97 Å². The van der Waals surface area contributed by atoms with Crippen molar-refractivity contribution in [3.8, 4) is 0 Å². The van der Waals surface area contributed by atoms with Crippen LogP contribution in [0.1, 0.15) is 32.1 Å². The standard InChI is InChI=1S/C10H18O3/c1-12-10(11)8-13-7-9-5-3-2-4-6-9/h9H,2-8H2,1H3. The van der Waals surface area contributed by atoms with Gasteiger partial charge in [-0.2, -0.15) is 0 Å². The molecule has 0 atom stereocenters. The van der Waals surface area contributed by atoms with Gasteiger partial charge in [-0.05, 0) is 18.8 Å². The van der Waals surface area contributed by atoms with Gasteiger partial charge in [0.25, 0.3) is 0 Å². The van der Waals surface area contributed by atoms with E-state index in [1.165, 1.54) is 39.2 Å². The second-order valence-corrected chi connectivity index (χ2v) is 3.60. The van der Waals surface area contributed by atoms with Crippen LogP contribution in [0.2, 0.25) is 0 Å². The Balaban J connectivity index is 2.01. The molecule has 1 aliphatic carbocycles. The van der Waals surface area contributed by atoms with Crippen LogP contribution in [0.5, 0.6) is 0 Å². The van der Waals surface area contributed by atoms with Gasteiger partial charge in [0.05, 0.1) is 13.7 Å². The van der Waals surface area contributed by atoms with E-state index in [1.807, 2.05) is 0 Å². The van der Waals surface area contributed by atoms with Gasteiger partial charge in [-0.3, -0.25) is 0 Å². The monoisotopic (exact) mass is 186 g/mol. The molecule has 3 nitrogen and oxygen atoms in total. The zero-order chi connectivity index (χ0) is 9.52. The summed E-state index contributed by atoms with van der Waals surface area (Å²) >= 11 is 0. The number of hydrogen-bond donors (Lipinski definition) is 0. The molecule has 0 spiro atoms. The van der Waals surface area contributed by atoms with Crippen LogP contribution in [0.4, 0.5) is 0 Å². The van der Waals surface area contributed by atoms with E-state index in [0.717, 1.165) is 6.61 Å². The molecule has 0 N–H and O–H groups in total. The fourth-order valence-electron chi connectivity index (χ4n) is 1.72. The Bertz CT molecular complexity index is 150. The number of rotatable bonds is 4. The first-order chi connectivity index (χ1) is 6.33. The van der Waals surface area contributed by atoms with Crippen molar-refractivity contribution in [3.05, 3.63) is 0 Å². The smallest absolute Gasteiger partial charge is 0.331 e. The lowest BCUT2D eigenvalue weighted by Crippen LogP contribution is -2.17. The molecule has 13 heavy (non-hydrogen) atoms. The fourth-order valence-corrected chi connectivity index (χ4v) is 1.72. The SMILES string of the molecule is COC(=O)COCC1CCCCC1. The van der Waals surface area contributed by atoms with Gasteiger partial charge in [-0.1, -0.05) is 19.3 Å². The van der Waals surface area contributed by atoms with Crippen molar-refractivity contribution in [2.24, 2.45) is 5.92 Å². The molecule has 76 valence electrons. The van der Waals surface area contributed by atoms with E-state index >= 15 is 0 Å². The molecule has 1 saturated carbocycles. The molecule has 3 heteroatoms. The summed E-state index contributed by atoms with van der Waals surface area (Å²) in [6.07, 6.45) is 6.48. The Morgan fingerprint density at radius 3 is 2.62 bits per heavy atom. The van der Waals surface area contributed by atoms with Gasteiger partial charge in [-0.25, -0.2) is 4.79 Å². The summed E-state index contributed by atoms with van der Waals surface area (Å²) < 4.78 is 9.73. The normalized spacial score (nSPS) is 18.5. The molecule has 0 saturated heterocycles. The third-order valence-electron chi connectivity index (χ3n) is 2.53. The lowest BCUT2D eigenvalue weighted by Gasteiger charge is -2.20. The summed E-state index contributed by atoms with van der Waals surface area (Å²) in [6, 6.07) is 0. The van der Waals surface area contributed by atoms with Crippen LogP contribution in [0, 0.1) is 5.92 Å². The summed E-state index contributed by atoms with van der Waals surface area (Å²) in [5, 5.41) is 0. The van der Waals surface area contributed by atoms with Crippen LogP contribution in [-0.4, -0.2) is 26.3 Å². The Hall–Kier alpha value is -0.570. The molecule has 0 amide bonds. The fraction of sp³-hybridized carbons (Fsp3) is 0.900. The van der Waals surface area contributed by atoms with E-state index in [9.17, 15) is 4.79 Å². The van der Waals surface area contributed by atoms with E-state index in [2.05, 4.69) is 4.74 Å². The average Bonchev–Trinajstić information content (AvgIpc) is 2.19. The van der Waals surface area contributed by atoms with Gasteiger partial charge in [-0.15, -0.1) is 0 Å². The average molecular weight is 186 g/mol. The zero-order valence-corrected chi connectivity index (χ0v) is 8.25. The van der Waals surface area contributed by atoms with Crippen molar-refractivity contribution in [3.63, 3.8) is 0 Å². The van der Waals surface area contributed by atoms with Crippen molar-refractivity contribution in [2.75, 3.05) is 20.3 Å². The minimum atomic E-state index is -0.282. The lowest BCUT2D eigenvalue weighted by atomic mass is 9.90. The summed E-state index contributed by atoms with van der Waals surface area (Å²) in [5.74, 6) is 0.384. The molecule has 0 aromatic carbocycles. The summed E-state index contributed by atoms with van der Waals surface area (Å²) in [4.78, 5) is 10.7. The first-order valence-corrected chi connectivity index (χ1v) is 4.97.